The van der Waals surface area contributed by atoms with Crippen molar-refractivity contribution in [3.8, 4) is 0 Å². The summed E-state index contributed by atoms with van der Waals surface area (Å²) in [4.78, 5) is 2.53. The van der Waals surface area contributed by atoms with E-state index in [0.717, 1.165) is 26.2 Å². The Hall–Kier alpha value is -1.62. The number of aryl methyl sites for hydroxylation is 2. The van der Waals surface area contributed by atoms with Gasteiger partial charge in [-0.25, -0.2) is 0 Å². The minimum absolute atomic E-state index is 0.600. The number of likely N-dealkylation sites (tertiary alicyclic amines) is 1. The van der Waals surface area contributed by atoms with Crippen LogP contribution >= 0.6 is 0 Å². The molecule has 3 rings (SSSR count). The molecule has 0 saturated carbocycles. The fraction of sp³-hybridized carbons (Fsp3) is 0.625. The summed E-state index contributed by atoms with van der Waals surface area (Å²) in [6, 6.07) is 2.10. The summed E-state index contributed by atoms with van der Waals surface area (Å²) < 4.78 is 2.11. The first-order chi connectivity index (χ1) is 10.3. The summed E-state index contributed by atoms with van der Waals surface area (Å²) in [5, 5.41) is 11.8. The third kappa shape index (κ3) is 3.35. The third-order valence-corrected chi connectivity index (χ3v) is 4.42. The van der Waals surface area contributed by atoms with E-state index in [4.69, 9.17) is 0 Å². The van der Waals surface area contributed by atoms with Crippen molar-refractivity contribution in [2.75, 3.05) is 13.1 Å². The largest absolute Gasteiger partial charge is 0.298 e. The highest BCUT2D eigenvalue weighted by Gasteiger charge is 2.25. The summed E-state index contributed by atoms with van der Waals surface area (Å²) in [6.07, 6.45) is 7.71. The van der Waals surface area contributed by atoms with Gasteiger partial charge in [-0.15, -0.1) is 0 Å². The molecule has 2 aromatic heterocycles. The van der Waals surface area contributed by atoms with Gasteiger partial charge in [-0.3, -0.25) is 14.7 Å². The molecule has 3 heterocycles. The standard InChI is InChI=1S/C16H25N5/c1-3-4-8-21-12-15(13(2)19-21)11-20-9-6-14(10-20)16-5-7-17-18-16/h5,7,12,14H,3-4,6,8-11H2,1-2H3,(H,17,18)/t14-/m1/s1. The van der Waals surface area contributed by atoms with E-state index in [2.05, 4.69) is 51.0 Å². The van der Waals surface area contributed by atoms with E-state index in [1.807, 2.05) is 6.20 Å². The van der Waals surface area contributed by atoms with Gasteiger partial charge < -0.3 is 0 Å². The van der Waals surface area contributed by atoms with Gasteiger partial charge >= 0.3 is 0 Å². The number of aromatic amines is 1. The smallest absolute Gasteiger partial charge is 0.0638 e. The summed E-state index contributed by atoms with van der Waals surface area (Å²) in [5.74, 6) is 0.600. The van der Waals surface area contributed by atoms with Crippen molar-refractivity contribution in [2.45, 2.75) is 52.1 Å². The molecule has 1 aliphatic rings. The molecule has 2 aromatic rings. The highest BCUT2D eigenvalue weighted by atomic mass is 15.3. The van der Waals surface area contributed by atoms with Crippen LogP contribution in [0.2, 0.25) is 0 Å². The van der Waals surface area contributed by atoms with E-state index in [0.29, 0.717) is 5.92 Å². The molecule has 0 aliphatic carbocycles. The van der Waals surface area contributed by atoms with Crippen molar-refractivity contribution in [3.05, 3.63) is 35.4 Å². The second kappa shape index (κ2) is 6.43. The summed E-state index contributed by atoms with van der Waals surface area (Å²) in [7, 11) is 0. The Kier molecular flexibility index (Phi) is 4.39. The molecule has 0 amide bonds. The number of H-pyrrole nitrogens is 1. The third-order valence-electron chi connectivity index (χ3n) is 4.42. The van der Waals surface area contributed by atoms with E-state index < -0.39 is 0 Å². The SMILES string of the molecule is CCCCn1cc(CN2CC[C@@H](c3ccn[nH]3)C2)c(C)n1. The molecule has 0 radical (unpaired) electrons. The highest BCUT2D eigenvalue weighted by Crippen LogP contribution is 2.26. The molecule has 5 heteroatoms. The van der Waals surface area contributed by atoms with E-state index in [1.165, 1.54) is 36.2 Å². The molecule has 114 valence electrons. The Morgan fingerprint density at radius 2 is 2.33 bits per heavy atom. The van der Waals surface area contributed by atoms with Crippen LogP contribution in [-0.2, 0) is 13.1 Å². The van der Waals surface area contributed by atoms with Gasteiger partial charge in [-0.05, 0) is 32.4 Å². The second-order valence-electron chi connectivity index (χ2n) is 6.09. The van der Waals surface area contributed by atoms with Gasteiger partial charge in [0, 0.05) is 49.2 Å². The fourth-order valence-corrected chi connectivity index (χ4v) is 3.11. The lowest BCUT2D eigenvalue weighted by Gasteiger charge is -2.14. The molecule has 1 N–H and O–H groups in total. The van der Waals surface area contributed by atoms with Crippen LogP contribution in [0, 0.1) is 6.92 Å². The molecule has 0 aromatic carbocycles. The minimum atomic E-state index is 0.600. The monoisotopic (exact) mass is 287 g/mol. The van der Waals surface area contributed by atoms with Crippen molar-refractivity contribution in [3.63, 3.8) is 0 Å². The molecule has 0 unspecified atom stereocenters. The Balaban J connectivity index is 1.58. The predicted octanol–water partition coefficient (Wildman–Crippen LogP) is 2.70. The number of rotatable bonds is 6. The lowest BCUT2D eigenvalue weighted by molar-refractivity contribution is 0.325. The van der Waals surface area contributed by atoms with Crippen molar-refractivity contribution in [1.29, 1.82) is 0 Å². The van der Waals surface area contributed by atoms with Gasteiger partial charge in [0.05, 0.1) is 5.69 Å². The van der Waals surface area contributed by atoms with E-state index in [1.54, 1.807) is 0 Å². The maximum absolute atomic E-state index is 4.63. The molecule has 1 saturated heterocycles. The van der Waals surface area contributed by atoms with Crippen LogP contribution in [0.1, 0.15) is 49.1 Å². The number of nitrogens with zero attached hydrogens (tertiary/aromatic N) is 4. The van der Waals surface area contributed by atoms with Gasteiger partial charge in [0.1, 0.15) is 0 Å². The van der Waals surface area contributed by atoms with Gasteiger partial charge in [0.15, 0.2) is 0 Å². The number of nitrogens with one attached hydrogen (secondary N) is 1. The zero-order chi connectivity index (χ0) is 14.7. The van der Waals surface area contributed by atoms with Crippen molar-refractivity contribution >= 4 is 0 Å². The van der Waals surface area contributed by atoms with Crippen LogP contribution in [0.4, 0.5) is 0 Å². The lowest BCUT2D eigenvalue weighted by Crippen LogP contribution is -2.20. The quantitative estimate of drug-likeness (QED) is 0.888. The molecule has 0 bridgehead atoms. The number of unbranched alkanes of at least 4 members (excludes halogenated alkanes) is 1. The Labute approximate surface area is 126 Å². The van der Waals surface area contributed by atoms with Gasteiger partial charge in [-0.2, -0.15) is 10.2 Å². The van der Waals surface area contributed by atoms with Gasteiger partial charge in [0.25, 0.3) is 0 Å². The zero-order valence-electron chi connectivity index (χ0n) is 13.0. The number of hydrogen-bond acceptors (Lipinski definition) is 3. The van der Waals surface area contributed by atoms with E-state index in [9.17, 15) is 0 Å². The Morgan fingerprint density at radius 3 is 3.10 bits per heavy atom. The lowest BCUT2D eigenvalue weighted by atomic mass is 10.1. The Morgan fingerprint density at radius 1 is 1.43 bits per heavy atom. The first-order valence-corrected chi connectivity index (χ1v) is 8.01. The second-order valence-corrected chi connectivity index (χ2v) is 6.09. The average Bonchev–Trinajstić information content (AvgIpc) is 3.18. The molecule has 1 atom stereocenters. The van der Waals surface area contributed by atoms with Crippen molar-refractivity contribution in [1.82, 2.24) is 24.9 Å². The first-order valence-electron chi connectivity index (χ1n) is 8.01. The highest BCUT2D eigenvalue weighted by molar-refractivity contribution is 5.16. The number of hydrogen-bond donors (Lipinski definition) is 1. The van der Waals surface area contributed by atoms with Crippen molar-refractivity contribution in [2.24, 2.45) is 0 Å². The van der Waals surface area contributed by atoms with Crippen LogP contribution in [0.25, 0.3) is 0 Å². The normalized spacial score (nSPS) is 19.4. The van der Waals surface area contributed by atoms with Crippen LogP contribution in [0.5, 0.6) is 0 Å². The molecule has 5 nitrogen and oxygen atoms in total. The molecule has 21 heavy (non-hydrogen) atoms. The van der Waals surface area contributed by atoms with Crippen LogP contribution < -0.4 is 0 Å². The molecule has 0 spiro atoms. The topological polar surface area (TPSA) is 49.7 Å². The zero-order valence-corrected chi connectivity index (χ0v) is 13.0. The summed E-state index contributed by atoms with van der Waals surface area (Å²) in [5.41, 5.74) is 3.82. The average molecular weight is 287 g/mol. The number of aromatic nitrogens is 4. The van der Waals surface area contributed by atoms with E-state index >= 15 is 0 Å². The predicted molar refractivity (Wildman–Crippen MR) is 83.1 cm³/mol. The van der Waals surface area contributed by atoms with Crippen LogP contribution in [0.3, 0.4) is 0 Å². The van der Waals surface area contributed by atoms with Crippen molar-refractivity contribution < 1.29 is 0 Å². The van der Waals surface area contributed by atoms with Gasteiger partial charge in [-0.1, -0.05) is 13.3 Å². The molecule has 1 aliphatic heterocycles. The Bertz CT molecular complexity index is 557. The maximum atomic E-state index is 4.63. The molecular formula is C16H25N5. The fourth-order valence-electron chi connectivity index (χ4n) is 3.11. The van der Waals surface area contributed by atoms with Gasteiger partial charge in [0.2, 0.25) is 0 Å². The molecule has 1 fully saturated rings. The summed E-state index contributed by atoms with van der Waals surface area (Å²) in [6.45, 7) is 8.67. The minimum Gasteiger partial charge on any atom is -0.298 e. The first kappa shape index (κ1) is 14.3. The van der Waals surface area contributed by atoms with Crippen LogP contribution in [-0.4, -0.2) is 38.0 Å². The summed E-state index contributed by atoms with van der Waals surface area (Å²) >= 11 is 0. The maximum Gasteiger partial charge on any atom is 0.0638 e. The van der Waals surface area contributed by atoms with Crippen LogP contribution in [0.15, 0.2) is 18.5 Å². The molecular weight excluding hydrogens is 262 g/mol. The van der Waals surface area contributed by atoms with E-state index in [-0.39, 0.29) is 0 Å².